The van der Waals surface area contributed by atoms with Gasteiger partial charge in [-0.15, -0.1) is 0 Å². The molecule has 0 aliphatic heterocycles. The van der Waals surface area contributed by atoms with Gasteiger partial charge in [0.25, 0.3) is 5.56 Å². The van der Waals surface area contributed by atoms with Gasteiger partial charge in [0.05, 0.1) is 17.1 Å². The summed E-state index contributed by atoms with van der Waals surface area (Å²) in [6.45, 7) is 0. The summed E-state index contributed by atoms with van der Waals surface area (Å²) in [7, 11) is 1.83. The molecule has 3 aromatic heterocycles. The van der Waals surface area contributed by atoms with Crippen molar-refractivity contribution < 1.29 is 0 Å². The van der Waals surface area contributed by atoms with Crippen molar-refractivity contribution in [1.29, 1.82) is 0 Å². The van der Waals surface area contributed by atoms with E-state index in [0.717, 1.165) is 28.1 Å². The van der Waals surface area contributed by atoms with Crippen LogP contribution < -0.4 is 5.56 Å². The molecule has 3 heterocycles. The van der Waals surface area contributed by atoms with Crippen LogP contribution in [0.3, 0.4) is 0 Å². The molecule has 0 unspecified atom stereocenters. The molecule has 0 bridgehead atoms. The first-order chi connectivity index (χ1) is 17.6. The van der Waals surface area contributed by atoms with Crippen LogP contribution in [0.5, 0.6) is 0 Å². The number of fused-ring (bicyclic) bond motifs is 1. The minimum Gasteiger partial charge on any atom is -0.266 e. The molecule has 0 spiro atoms. The number of halogens is 1. The summed E-state index contributed by atoms with van der Waals surface area (Å²) >= 11 is 6.13. The van der Waals surface area contributed by atoms with Gasteiger partial charge in [-0.25, -0.2) is 4.98 Å². The molecule has 0 saturated heterocycles. The Labute approximate surface area is 212 Å². The van der Waals surface area contributed by atoms with E-state index in [1.165, 1.54) is 0 Å². The molecule has 3 aromatic carbocycles. The Balaban J connectivity index is 1.62. The summed E-state index contributed by atoms with van der Waals surface area (Å²) in [6, 6.07) is 30.7. The average Bonchev–Trinajstić information content (AvgIpc) is 3.26. The topological polar surface area (TPSA) is 65.6 Å². The fourth-order valence-corrected chi connectivity index (χ4v) is 4.51. The first kappa shape index (κ1) is 21.9. The van der Waals surface area contributed by atoms with Crippen molar-refractivity contribution in [2.75, 3.05) is 0 Å². The highest BCUT2D eigenvalue weighted by molar-refractivity contribution is 6.30. The number of aryl methyl sites for hydroxylation is 1. The van der Waals surface area contributed by atoms with Crippen LogP contribution in [0, 0.1) is 0 Å². The monoisotopic (exact) mass is 489 g/mol. The molecule has 36 heavy (non-hydrogen) atoms. The van der Waals surface area contributed by atoms with E-state index in [4.69, 9.17) is 16.6 Å². The SMILES string of the molecule is Cn1nc2c(=O)n(-c3ccc(Cl)cc3)c(-c3ccc(-c4ccccn4)cc3)nc2c1-c1ccccc1. The smallest absolute Gasteiger partial charge is 0.266 e. The standard InChI is InChI=1S/C29H20ClN5O/c1-34-27(20-7-3-2-4-8-20)25-26(33-34)29(36)35(23-16-14-22(30)15-17-23)28(32-25)21-12-10-19(11-13-21)24-9-5-6-18-31-24/h2-18H,1H3. The summed E-state index contributed by atoms with van der Waals surface area (Å²) in [4.78, 5) is 23.4. The molecule has 0 N–H and O–H groups in total. The van der Waals surface area contributed by atoms with Crippen molar-refractivity contribution in [3.8, 4) is 39.6 Å². The molecule has 0 atom stereocenters. The lowest BCUT2D eigenvalue weighted by Crippen LogP contribution is -2.22. The van der Waals surface area contributed by atoms with Crippen LogP contribution in [0.4, 0.5) is 0 Å². The maximum Gasteiger partial charge on any atom is 0.286 e. The Morgan fingerprint density at radius 2 is 1.42 bits per heavy atom. The molecule has 6 nitrogen and oxygen atoms in total. The van der Waals surface area contributed by atoms with E-state index in [1.54, 1.807) is 27.6 Å². The van der Waals surface area contributed by atoms with Crippen LogP contribution in [-0.4, -0.2) is 24.3 Å². The zero-order valence-electron chi connectivity index (χ0n) is 19.3. The zero-order valence-corrected chi connectivity index (χ0v) is 20.1. The third-order valence-corrected chi connectivity index (χ3v) is 6.35. The highest BCUT2D eigenvalue weighted by Crippen LogP contribution is 2.30. The fourth-order valence-electron chi connectivity index (χ4n) is 4.39. The summed E-state index contributed by atoms with van der Waals surface area (Å²) in [6.07, 6.45) is 1.77. The van der Waals surface area contributed by atoms with Gasteiger partial charge in [0, 0.05) is 35.0 Å². The molecular formula is C29H20ClN5O. The highest BCUT2D eigenvalue weighted by atomic mass is 35.5. The van der Waals surface area contributed by atoms with Gasteiger partial charge < -0.3 is 0 Å². The van der Waals surface area contributed by atoms with Gasteiger partial charge in [-0.3, -0.25) is 19.0 Å². The maximum atomic E-state index is 13.9. The Morgan fingerprint density at radius 1 is 0.722 bits per heavy atom. The number of hydrogen-bond acceptors (Lipinski definition) is 4. The van der Waals surface area contributed by atoms with Crippen LogP contribution in [0.15, 0.2) is 108 Å². The van der Waals surface area contributed by atoms with Gasteiger partial charge in [0.1, 0.15) is 11.3 Å². The highest BCUT2D eigenvalue weighted by Gasteiger charge is 2.21. The predicted molar refractivity (Wildman–Crippen MR) is 143 cm³/mol. The number of aromatic nitrogens is 5. The molecule has 0 saturated carbocycles. The van der Waals surface area contributed by atoms with E-state index in [-0.39, 0.29) is 5.56 Å². The fraction of sp³-hybridized carbons (Fsp3) is 0.0345. The van der Waals surface area contributed by atoms with Crippen LogP contribution >= 0.6 is 11.6 Å². The third kappa shape index (κ3) is 3.78. The Bertz CT molecular complexity index is 1740. The van der Waals surface area contributed by atoms with Gasteiger partial charge in [-0.1, -0.05) is 72.3 Å². The normalized spacial score (nSPS) is 11.2. The Morgan fingerprint density at radius 3 is 2.11 bits per heavy atom. The van der Waals surface area contributed by atoms with E-state index in [2.05, 4.69) is 10.1 Å². The van der Waals surface area contributed by atoms with Crippen molar-refractivity contribution in [3.05, 3.63) is 119 Å². The van der Waals surface area contributed by atoms with Gasteiger partial charge in [-0.2, -0.15) is 5.10 Å². The van der Waals surface area contributed by atoms with Crippen LogP contribution in [-0.2, 0) is 7.05 Å². The first-order valence-electron chi connectivity index (χ1n) is 11.4. The first-order valence-corrected chi connectivity index (χ1v) is 11.8. The largest absolute Gasteiger partial charge is 0.286 e. The average molecular weight is 490 g/mol. The number of nitrogens with zero attached hydrogens (tertiary/aromatic N) is 5. The number of pyridine rings is 1. The molecule has 0 aliphatic carbocycles. The Hall–Kier alpha value is -4.55. The quantitative estimate of drug-likeness (QED) is 0.297. The van der Waals surface area contributed by atoms with Gasteiger partial charge >= 0.3 is 0 Å². The molecule has 0 aliphatic rings. The second kappa shape index (κ2) is 8.91. The van der Waals surface area contributed by atoms with Crippen LogP contribution in [0.1, 0.15) is 0 Å². The zero-order chi connectivity index (χ0) is 24.6. The van der Waals surface area contributed by atoms with Gasteiger partial charge in [0.2, 0.25) is 0 Å². The van der Waals surface area contributed by atoms with E-state index in [1.807, 2.05) is 92.0 Å². The molecule has 174 valence electrons. The van der Waals surface area contributed by atoms with Crippen molar-refractivity contribution in [2.45, 2.75) is 0 Å². The van der Waals surface area contributed by atoms with E-state index in [9.17, 15) is 4.79 Å². The minimum absolute atomic E-state index is 0.246. The molecule has 0 amide bonds. The molecule has 6 aromatic rings. The lowest BCUT2D eigenvalue weighted by Gasteiger charge is -2.13. The third-order valence-electron chi connectivity index (χ3n) is 6.09. The number of benzene rings is 3. The van der Waals surface area contributed by atoms with Crippen LogP contribution in [0.25, 0.3) is 50.6 Å². The van der Waals surface area contributed by atoms with Crippen molar-refractivity contribution in [2.24, 2.45) is 7.05 Å². The summed E-state index contributed by atoms with van der Waals surface area (Å²) in [5.41, 5.74) is 5.66. The molecule has 0 radical (unpaired) electrons. The van der Waals surface area contributed by atoms with E-state index >= 15 is 0 Å². The van der Waals surface area contributed by atoms with Crippen molar-refractivity contribution >= 4 is 22.6 Å². The van der Waals surface area contributed by atoms with Gasteiger partial charge in [0.15, 0.2) is 5.52 Å². The minimum atomic E-state index is -0.246. The summed E-state index contributed by atoms with van der Waals surface area (Å²) in [5, 5.41) is 5.16. The lowest BCUT2D eigenvalue weighted by molar-refractivity contribution is 0.785. The predicted octanol–water partition coefficient (Wildman–Crippen LogP) is 6.17. The molecule has 7 heteroatoms. The lowest BCUT2D eigenvalue weighted by atomic mass is 10.1. The molecule has 6 rings (SSSR count). The van der Waals surface area contributed by atoms with Crippen LogP contribution in [0.2, 0.25) is 5.02 Å². The van der Waals surface area contributed by atoms with Crippen molar-refractivity contribution in [1.82, 2.24) is 24.3 Å². The summed E-state index contributed by atoms with van der Waals surface area (Å²) in [5.74, 6) is 0.521. The summed E-state index contributed by atoms with van der Waals surface area (Å²) < 4.78 is 3.31. The molecular weight excluding hydrogens is 470 g/mol. The Kier molecular flexibility index (Phi) is 5.43. The van der Waals surface area contributed by atoms with E-state index < -0.39 is 0 Å². The number of rotatable bonds is 4. The van der Waals surface area contributed by atoms with E-state index in [0.29, 0.717) is 27.6 Å². The maximum absolute atomic E-state index is 13.9. The van der Waals surface area contributed by atoms with Gasteiger partial charge in [-0.05, 0) is 36.4 Å². The second-order valence-corrected chi connectivity index (χ2v) is 8.82. The second-order valence-electron chi connectivity index (χ2n) is 8.38. The number of hydrogen-bond donors (Lipinski definition) is 0. The van der Waals surface area contributed by atoms with Crippen molar-refractivity contribution in [3.63, 3.8) is 0 Å². The molecule has 0 fully saturated rings.